The Morgan fingerprint density at radius 3 is 2.82 bits per heavy atom. The third-order valence-electron chi connectivity index (χ3n) is 8.13. The average Bonchev–Trinajstić information content (AvgIpc) is 3.70. The molecule has 0 radical (unpaired) electrons. The van der Waals surface area contributed by atoms with Crippen LogP contribution >= 0.6 is 0 Å². The van der Waals surface area contributed by atoms with Crippen LogP contribution in [0.1, 0.15) is 45.9 Å². The molecule has 6 rings (SSSR count). The van der Waals surface area contributed by atoms with Crippen molar-refractivity contribution in [1.82, 2.24) is 25.1 Å². The van der Waals surface area contributed by atoms with E-state index in [4.69, 9.17) is 25.0 Å². The normalized spacial score (nSPS) is 16.3. The minimum Gasteiger partial charge on any atom is -0.495 e. The number of rotatable bonds is 10. The summed E-state index contributed by atoms with van der Waals surface area (Å²) in [6, 6.07) is 13.4. The van der Waals surface area contributed by atoms with Crippen molar-refractivity contribution in [2.45, 2.75) is 37.7 Å². The minimum absolute atomic E-state index is 0.0728. The largest absolute Gasteiger partial charge is 0.495 e. The van der Waals surface area contributed by atoms with Crippen LogP contribution in [0.5, 0.6) is 5.75 Å². The number of carbonyl (C=O) groups excluding carboxylic acids is 1. The fraction of sp³-hybridized carbons (Fsp3) is 0.333. The molecule has 44 heavy (non-hydrogen) atoms. The molecule has 1 aliphatic heterocycles. The topological polar surface area (TPSA) is 139 Å². The van der Waals surface area contributed by atoms with Gasteiger partial charge in [0, 0.05) is 62.6 Å². The molecule has 0 saturated carbocycles. The molecule has 226 valence electrons. The first-order valence-corrected chi connectivity index (χ1v) is 14.8. The van der Waals surface area contributed by atoms with E-state index in [0.717, 1.165) is 71.6 Å². The van der Waals surface area contributed by atoms with Gasteiger partial charge in [-0.2, -0.15) is 5.10 Å². The van der Waals surface area contributed by atoms with Crippen LogP contribution in [0.2, 0.25) is 0 Å². The van der Waals surface area contributed by atoms with Crippen molar-refractivity contribution in [3.63, 3.8) is 0 Å². The molecule has 3 heterocycles. The number of carbonyl (C=O) groups is 1. The monoisotopic (exact) mass is 592 g/mol. The molecular weight excluding hydrogens is 556 g/mol. The second kappa shape index (κ2) is 12.8. The van der Waals surface area contributed by atoms with Crippen LogP contribution in [0, 0.1) is 5.41 Å². The van der Waals surface area contributed by atoms with E-state index in [-0.39, 0.29) is 17.9 Å². The van der Waals surface area contributed by atoms with Gasteiger partial charge in [0.05, 0.1) is 41.9 Å². The van der Waals surface area contributed by atoms with Gasteiger partial charge in [0.15, 0.2) is 0 Å². The predicted molar refractivity (Wildman–Crippen MR) is 171 cm³/mol. The Bertz CT molecular complexity index is 1710. The molecule has 1 aliphatic carbocycles. The Labute approximate surface area is 256 Å². The maximum absolute atomic E-state index is 12.8. The smallest absolute Gasteiger partial charge is 0.251 e. The van der Waals surface area contributed by atoms with Gasteiger partial charge in [0.25, 0.3) is 5.91 Å². The van der Waals surface area contributed by atoms with Gasteiger partial charge in [-0.15, -0.1) is 0 Å². The van der Waals surface area contributed by atoms with Gasteiger partial charge in [-0.25, -0.2) is 9.97 Å². The van der Waals surface area contributed by atoms with Gasteiger partial charge in [-0.1, -0.05) is 24.3 Å². The number of methoxy groups -OCH3 is 1. The lowest BCUT2D eigenvalue weighted by Crippen LogP contribution is -2.31. The quantitative estimate of drug-likeness (QED) is 0.226. The maximum atomic E-state index is 12.8. The molecule has 2 aliphatic rings. The van der Waals surface area contributed by atoms with Crippen molar-refractivity contribution in [1.29, 1.82) is 5.41 Å². The van der Waals surface area contributed by atoms with Crippen LogP contribution in [0.25, 0.3) is 22.5 Å². The Balaban J connectivity index is 1.27. The summed E-state index contributed by atoms with van der Waals surface area (Å²) in [5.74, 6) is 0.592. The number of aliphatic imine (C=N–C) groups is 1. The van der Waals surface area contributed by atoms with Gasteiger partial charge in [0.2, 0.25) is 5.95 Å². The molecule has 1 amide bonds. The van der Waals surface area contributed by atoms with Crippen molar-refractivity contribution < 1.29 is 14.3 Å². The number of aryl methyl sites for hydroxylation is 3. The number of benzene rings is 2. The Morgan fingerprint density at radius 1 is 1.25 bits per heavy atom. The summed E-state index contributed by atoms with van der Waals surface area (Å²) >= 11 is 0. The number of amides is 1. The molecule has 1 fully saturated rings. The summed E-state index contributed by atoms with van der Waals surface area (Å²) in [7, 11) is 5.24. The summed E-state index contributed by atoms with van der Waals surface area (Å²) in [5, 5.41) is 18.9. The zero-order valence-electron chi connectivity index (χ0n) is 25.1. The van der Waals surface area contributed by atoms with E-state index in [2.05, 4.69) is 32.7 Å². The number of aromatic nitrogens is 4. The van der Waals surface area contributed by atoms with Crippen molar-refractivity contribution in [3.8, 4) is 28.3 Å². The number of fused-ring (bicyclic) bond motifs is 3. The second-order valence-electron chi connectivity index (χ2n) is 11.0. The van der Waals surface area contributed by atoms with E-state index in [1.54, 1.807) is 38.6 Å². The van der Waals surface area contributed by atoms with E-state index in [0.29, 0.717) is 29.5 Å². The zero-order valence-corrected chi connectivity index (χ0v) is 25.1. The molecule has 11 heteroatoms. The lowest BCUT2D eigenvalue weighted by molar-refractivity contribution is 0.0857. The lowest BCUT2D eigenvalue weighted by Gasteiger charge is -2.18. The van der Waals surface area contributed by atoms with Crippen molar-refractivity contribution in [2.75, 3.05) is 32.6 Å². The Kier molecular flexibility index (Phi) is 8.47. The molecule has 2 aromatic heterocycles. The molecule has 4 aromatic rings. The van der Waals surface area contributed by atoms with Gasteiger partial charge in [-0.3, -0.25) is 14.5 Å². The van der Waals surface area contributed by atoms with E-state index < -0.39 is 0 Å². The number of nitrogens with zero attached hydrogens (tertiary/aromatic N) is 5. The molecule has 2 unspecified atom stereocenters. The summed E-state index contributed by atoms with van der Waals surface area (Å²) in [4.78, 5) is 26.4. The minimum atomic E-state index is -0.174. The van der Waals surface area contributed by atoms with Crippen LogP contribution in [0.15, 0.2) is 53.7 Å². The number of hydrogen-bond acceptors (Lipinski definition) is 9. The van der Waals surface area contributed by atoms with Crippen LogP contribution in [0.4, 0.5) is 11.6 Å². The summed E-state index contributed by atoms with van der Waals surface area (Å²) in [6.07, 6.45) is 8.68. The molecule has 0 spiro atoms. The summed E-state index contributed by atoms with van der Waals surface area (Å²) in [5.41, 5.74) is 8.03. The van der Waals surface area contributed by atoms with Crippen LogP contribution in [-0.2, 0) is 24.6 Å². The highest BCUT2D eigenvalue weighted by Gasteiger charge is 2.27. The first-order valence-electron chi connectivity index (χ1n) is 14.8. The third-order valence-corrected chi connectivity index (χ3v) is 8.13. The molecule has 1 saturated heterocycles. The SMILES string of the molecule is CN=CC(C=N)c1ccc(-c2c3c(nn2C)CCc2cnc(Nc4ccc(C(=O)NCC5CCCO5)cc4OC)nc2-3)cc1. The predicted octanol–water partition coefficient (Wildman–Crippen LogP) is 4.74. The second-order valence-corrected chi connectivity index (χ2v) is 11.0. The number of hydrogen-bond donors (Lipinski definition) is 3. The van der Waals surface area contributed by atoms with Crippen LogP contribution < -0.4 is 15.4 Å². The van der Waals surface area contributed by atoms with Gasteiger partial charge < -0.3 is 25.5 Å². The standard InChI is InChI=1S/C33H36N8O3/c1-35-17-24(16-34)20-6-8-21(9-7-20)31-29-27(40-41(31)2)13-11-23-18-37-33(39-30(23)29)38-26-12-10-22(15-28(26)43-3)32(42)36-19-25-5-4-14-44-25/h6-10,12,15-18,24-25,34H,4-5,11,13-14,19H2,1-3H3,(H,36,42)(H,37,38,39). The zero-order chi connectivity index (χ0) is 30.6. The van der Waals surface area contributed by atoms with Crippen LogP contribution in [-0.4, -0.2) is 71.5 Å². The maximum Gasteiger partial charge on any atom is 0.251 e. The number of nitrogens with one attached hydrogen (secondary N) is 3. The van der Waals surface area contributed by atoms with Gasteiger partial charge in [-0.05, 0) is 55.0 Å². The third kappa shape index (κ3) is 5.83. The van der Waals surface area contributed by atoms with E-state index in [1.165, 1.54) is 6.21 Å². The Morgan fingerprint density at radius 2 is 2.09 bits per heavy atom. The number of ether oxygens (including phenoxy) is 2. The highest BCUT2D eigenvalue weighted by molar-refractivity contribution is 5.95. The van der Waals surface area contributed by atoms with E-state index in [9.17, 15) is 4.79 Å². The van der Waals surface area contributed by atoms with Gasteiger partial charge >= 0.3 is 0 Å². The molecule has 3 N–H and O–H groups in total. The fourth-order valence-electron chi connectivity index (χ4n) is 5.87. The highest BCUT2D eigenvalue weighted by Crippen LogP contribution is 2.40. The first kappa shape index (κ1) is 29.2. The first-order chi connectivity index (χ1) is 21.5. The van der Waals surface area contributed by atoms with Crippen LogP contribution in [0.3, 0.4) is 0 Å². The van der Waals surface area contributed by atoms with Crippen molar-refractivity contribution in [2.24, 2.45) is 12.0 Å². The lowest BCUT2D eigenvalue weighted by atomic mass is 9.91. The van der Waals surface area contributed by atoms with E-state index >= 15 is 0 Å². The van der Waals surface area contributed by atoms with Crippen molar-refractivity contribution >= 4 is 30.0 Å². The molecule has 0 bridgehead atoms. The van der Waals surface area contributed by atoms with Crippen molar-refractivity contribution in [3.05, 3.63) is 71.0 Å². The molecule has 11 nitrogen and oxygen atoms in total. The van der Waals surface area contributed by atoms with Gasteiger partial charge in [0.1, 0.15) is 5.75 Å². The molecule has 2 aromatic carbocycles. The highest BCUT2D eigenvalue weighted by atomic mass is 16.5. The summed E-state index contributed by atoms with van der Waals surface area (Å²) < 4.78 is 13.2. The Hall–Kier alpha value is -4.90. The molecule has 2 atom stereocenters. The summed E-state index contributed by atoms with van der Waals surface area (Å²) in [6.45, 7) is 1.24. The van der Waals surface area contributed by atoms with E-state index in [1.807, 2.05) is 30.1 Å². The molecular formula is C33H36N8O3. The average molecular weight is 593 g/mol. The number of anilines is 2. The fourth-order valence-corrected chi connectivity index (χ4v) is 5.87.